The van der Waals surface area contributed by atoms with Gasteiger partial charge in [-0.05, 0) is 85.5 Å². The quantitative estimate of drug-likeness (QED) is 0.432. The highest BCUT2D eigenvalue weighted by atomic mass is 32.2. The Morgan fingerprint density at radius 2 is 1.61 bits per heavy atom. The molecule has 5 heteroatoms. The molecule has 2 heterocycles. The van der Waals surface area contributed by atoms with Gasteiger partial charge in [-0.15, -0.1) is 0 Å². The van der Waals surface area contributed by atoms with Gasteiger partial charge in [0.05, 0.1) is 10.6 Å². The molecule has 2 amide bonds. The largest absolute Gasteiger partial charge is 0.318 e. The molecule has 31 heavy (non-hydrogen) atoms. The van der Waals surface area contributed by atoms with Gasteiger partial charge in [-0.1, -0.05) is 44.2 Å². The fourth-order valence-electron chi connectivity index (χ4n) is 3.99. The number of imide groups is 1. The molecule has 4 nitrogen and oxygen atoms in total. The summed E-state index contributed by atoms with van der Waals surface area (Å²) >= 11 is 0.988. The predicted octanol–water partition coefficient (Wildman–Crippen LogP) is 6.53. The van der Waals surface area contributed by atoms with Crippen molar-refractivity contribution in [2.45, 2.75) is 34.1 Å². The first-order chi connectivity index (χ1) is 14.8. The summed E-state index contributed by atoms with van der Waals surface area (Å²) in [6.07, 6.45) is 2.90. The van der Waals surface area contributed by atoms with E-state index < -0.39 is 0 Å². The third-order valence-electron chi connectivity index (χ3n) is 5.40. The van der Waals surface area contributed by atoms with E-state index in [-0.39, 0.29) is 11.1 Å². The van der Waals surface area contributed by atoms with Crippen LogP contribution >= 0.6 is 11.8 Å². The molecule has 1 aliphatic heterocycles. The summed E-state index contributed by atoms with van der Waals surface area (Å²) in [6.45, 7) is 8.55. The molecule has 158 valence electrons. The maximum Gasteiger partial charge on any atom is 0.298 e. The average Bonchev–Trinajstić information content (AvgIpc) is 3.17. The van der Waals surface area contributed by atoms with Crippen LogP contribution in [0.2, 0.25) is 0 Å². The first-order valence-corrected chi connectivity index (χ1v) is 11.3. The van der Waals surface area contributed by atoms with Gasteiger partial charge >= 0.3 is 0 Å². The molecular formula is C26H26N2O2S. The van der Waals surface area contributed by atoms with E-state index in [4.69, 9.17) is 0 Å². The second-order valence-electron chi connectivity index (χ2n) is 8.28. The molecule has 0 aliphatic carbocycles. The molecule has 0 atom stereocenters. The summed E-state index contributed by atoms with van der Waals surface area (Å²) in [6, 6.07) is 19.8. The van der Waals surface area contributed by atoms with Crippen LogP contribution in [0.5, 0.6) is 0 Å². The standard InChI is InChI=1S/C26H26N2O2S/c1-17(2)14-20-10-12-23(13-11-20)27-18(3)15-21(19(27)4)16-24-25(29)28(26(30)31-24)22-8-6-5-7-9-22/h5-13,15-17H,14H2,1-4H3. The van der Waals surface area contributed by atoms with Gasteiger partial charge in [0.2, 0.25) is 0 Å². The Labute approximate surface area is 187 Å². The number of carbonyl (C=O) groups is 2. The Morgan fingerprint density at radius 3 is 2.26 bits per heavy atom. The van der Waals surface area contributed by atoms with Gasteiger partial charge in [0, 0.05) is 17.1 Å². The molecule has 0 bridgehead atoms. The van der Waals surface area contributed by atoms with E-state index in [0.717, 1.165) is 40.8 Å². The van der Waals surface area contributed by atoms with E-state index in [1.807, 2.05) is 31.2 Å². The fourth-order valence-corrected chi connectivity index (χ4v) is 4.82. The Kier molecular flexibility index (Phi) is 5.88. The number of hydrogen-bond donors (Lipinski definition) is 0. The van der Waals surface area contributed by atoms with Crippen LogP contribution in [-0.4, -0.2) is 15.7 Å². The minimum Gasteiger partial charge on any atom is -0.318 e. The molecule has 0 spiro atoms. The highest BCUT2D eigenvalue weighted by molar-refractivity contribution is 8.19. The number of aryl methyl sites for hydroxylation is 1. The molecule has 1 aromatic heterocycles. The van der Waals surface area contributed by atoms with E-state index in [1.165, 1.54) is 10.5 Å². The van der Waals surface area contributed by atoms with Gasteiger partial charge in [-0.25, -0.2) is 4.90 Å². The first kappa shape index (κ1) is 21.2. The van der Waals surface area contributed by atoms with E-state index in [0.29, 0.717) is 16.5 Å². The average molecular weight is 431 g/mol. The number of thioether (sulfide) groups is 1. The van der Waals surface area contributed by atoms with E-state index in [2.05, 4.69) is 55.7 Å². The van der Waals surface area contributed by atoms with Crippen LogP contribution in [0, 0.1) is 19.8 Å². The summed E-state index contributed by atoms with van der Waals surface area (Å²) in [5.41, 5.74) is 6.10. The molecule has 1 aliphatic rings. The fraction of sp³-hybridized carbons (Fsp3) is 0.231. The van der Waals surface area contributed by atoms with Crippen molar-refractivity contribution in [3.63, 3.8) is 0 Å². The van der Waals surface area contributed by atoms with Gasteiger partial charge in [0.25, 0.3) is 11.1 Å². The lowest BCUT2D eigenvalue weighted by Crippen LogP contribution is -2.27. The Morgan fingerprint density at radius 1 is 0.935 bits per heavy atom. The molecule has 0 unspecified atom stereocenters. The number of nitrogens with zero attached hydrogens (tertiary/aromatic N) is 2. The molecule has 4 rings (SSSR count). The third kappa shape index (κ3) is 4.23. The molecule has 1 fully saturated rings. The number of hydrogen-bond acceptors (Lipinski definition) is 3. The van der Waals surface area contributed by atoms with Crippen LogP contribution in [0.15, 0.2) is 65.6 Å². The Bertz CT molecular complexity index is 1160. The van der Waals surface area contributed by atoms with E-state index in [1.54, 1.807) is 12.1 Å². The van der Waals surface area contributed by atoms with Crippen molar-refractivity contribution < 1.29 is 9.59 Å². The first-order valence-electron chi connectivity index (χ1n) is 10.5. The van der Waals surface area contributed by atoms with Crippen LogP contribution in [0.25, 0.3) is 11.8 Å². The number of carbonyl (C=O) groups excluding carboxylic acids is 2. The van der Waals surface area contributed by atoms with E-state index in [9.17, 15) is 9.59 Å². The van der Waals surface area contributed by atoms with Crippen molar-refractivity contribution in [2.24, 2.45) is 5.92 Å². The number of para-hydroxylation sites is 1. The zero-order chi connectivity index (χ0) is 22.1. The van der Waals surface area contributed by atoms with Crippen molar-refractivity contribution in [2.75, 3.05) is 4.90 Å². The second-order valence-corrected chi connectivity index (χ2v) is 9.27. The number of benzene rings is 2. The lowest BCUT2D eigenvalue weighted by Gasteiger charge is -2.12. The summed E-state index contributed by atoms with van der Waals surface area (Å²) in [5, 5.41) is -0.267. The van der Waals surface area contributed by atoms with Crippen molar-refractivity contribution in [1.29, 1.82) is 0 Å². The molecule has 0 radical (unpaired) electrons. The Balaban J connectivity index is 1.64. The zero-order valence-electron chi connectivity index (χ0n) is 18.3. The van der Waals surface area contributed by atoms with Crippen LogP contribution < -0.4 is 4.90 Å². The van der Waals surface area contributed by atoms with E-state index >= 15 is 0 Å². The van der Waals surface area contributed by atoms with Crippen LogP contribution in [-0.2, 0) is 11.2 Å². The molecule has 2 aromatic carbocycles. The monoisotopic (exact) mass is 430 g/mol. The minimum atomic E-state index is -0.274. The Hall–Kier alpha value is -3.05. The second kappa shape index (κ2) is 8.60. The van der Waals surface area contributed by atoms with Crippen molar-refractivity contribution >= 4 is 34.7 Å². The molecular weight excluding hydrogens is 404 g/mol. The number of anilines is 1. The maximum atomic E-state index is 12.9. The van der Waals surface area contributed by atoms with Crippen molar-refractivity contribution in [1.82, 2.24) is 4.57 Å². The van der Waals surface area contributed by atoms with Gasteiger partial charge < -0.3 is 4.57 Å². The van der Waals surface area contributed by atoms with Crippen LogP contribution in [0.1, 0.15) is 36.4 Å². The lowest BCUT2D eigenvalue weighted by atomic mass is 10.0. The number of aromatic nitrogens is 1. The molecule has 3 aromatic rings. The van der Waals surface area contributed by atoms with Crippen LogP contribution in [0.4, 0.5) is 10.5 Å². The normalized spacial score (nSPS) is 15.5. The lowest BCUT2D eigenvalue weighted by molar-refractivity contribution is -0.113. The number of rotatable bonds is 5. The summed E-state index contributed by atoms with van der Waals surface area (Å²) in [5.74, 6) is 0.350. The van der Waals surface area contributed by atoms with Crippen molar-refractivity contribution in [3.8, 4) is 5.69 Å². The molecule has 0 saturated carbocycles. The summed E-state index contributed by atoms with van der Waals surface area (Å²) in [4.78, 5) is 27.1. The van der Waals surface area contributed by atoms with Crippen LogP contribution in [0.3, 0.4) is 0 Å². The van der Waals surface area contributed by atoms with Gasteiger partial charge in [-0.3, -0.25) is 9.59 Å². The maximum absolute atomic E-state index is 12.9. The number of amides is 2. The summed E-state index contributed by atoms with van der Waals surface area (Å²) < 4.78 is 2.19. The smallest absolute Gasteiger partial charge is 0.298 e. The molecule has 1 saturated heterocycles. The highest BCUT2D eigenvalue weighted by Gasteiger charge is 2.36. The zero-order valence-corrected chi connectivity index (χ0v) is 19.1. The SMILES string of the molecule is Cc1cc(C=C2SC(=O)N(c3ccccc3)C2=O)c(C)n1-c1ccc(CC(C)C)cc1. The van der Waals surface area contributed by atoms with Gasteiger partial charge in [-0.2, -0.15) is 0 Å². The summed E-state index contributed by atoms with van der Waals surface area (Å²) in [7, 11) is 0. The minimum absolute atomic E-state index is 0.267. The third-order valence-corrected chi connectivity index (χ3v) is 6.27. The predicted molar refractivity (Wildman–Crippen MR) is 129 cm³/mol. The van der Waals surface area contributed by atoms with Crippen molar-refractivity contribution in [3.05, 3.63) is 88.1 Å². The highest BCUT2D eigenvalue weighted by Crippen LogP contribution is 2.36. The molecule has 0 N–H and O–H groups in total. The topological polar surface area (TPSA) is 42.3 Å². The van der Waals surface area contributed by atoms with Gasteiger partial charge in [0.15, 0.2) is 0 Å². The van der Waals surface area contributed by atoms with Gasteiger partial charge in [0.1, 0.15) is 0 Å².